The number of hydrogen-bond donors (Lipinski definition) is 1. The maximum Gasteiger partial charge on any atom is 0.120 e. The number of ether oxygens (including phenoxy) is 1. The Kier molecular flexibility index (Phi) is 7.02. The van der Waals surface area contributed by atoms with Crippen LogP contribution in [-0.2, 0) is 0 Å². The molecule has 0 aliphatic carbocycles. The molecule has 0 atom stereocenters. The minimum absolute atomic E-state index is 0.727. The SMILES string of the molecule is CCNCCCCCOc1cccc(Cl)c1. The molecule has 0 aliphatic rings. The molecular weight excluding hydrogens is 222 g/mol. The summed E-state index contributed by atoms with van der Waals surface area (Å²) >= 11 is 5.85. The molecule has 2 nitrogen and oxygen atoms in total. The highest BCUT2D eigenvalue weighted by atomic mass is 35.5. The van der Waals surface area contributed by atoms with Crippen LogP contribution in [0.2, 0.25) is 5.02 Å². The molecule has 0 aromatic heterocycles. The van der Waals surface area contributed by atoms with Crippen molar-refractivity contribution in [1.29, 1.82) is 0 Å². The van der Waals surface area contributed by atoms with E-state index < -0.39 is 0 Å². The molecule has 0 radical (unpaired) electrons. The maximum absolute atomic E-state index is 5.85. The van der Waals surface area contributed by atoms with Gasteiger partial charge in [0.05, 0.1) is 6.61 Å². The Labute approximate surface area is 103 Å². The molecule has 1 rings (SSSR count). The van der Waals surface area contributed by atoms with Gasteiger partial charge in [-0.15, -0.1) is 0 Å². The van der Waals surface area contributed by atoms with E-state index in [9.17, 15) is 0 Å². The van der Waals surface area contributed by atoms with Crippen molar-refractivity contribution < 1.29 is 4.74 Å². The molecule has 1 N–H and O–H groups in total. The number of benzene rings is 1. The zero-order valence-electron chi connectivity index (χ0n) is 9.84. The Bertz CT molecular complexity index is 291. The van der Waals surface area contributed by atoms with Gasteiger partial charge in [-0.3, -0.25) is 0 Å². The topological polar surface area (TPSA) is 21.3 Å². The summed E-state index contributed by atoms with van der Waals surface area (Å²) in [5.41, 5.74) is 0. The van der Waals surface area contributed by atoms with Gasteiger partial charge in [0, 0.05) is 5.02 Å². The van der Waals surface area contributed by atoms with E-state index in [-0.39, 0.29) is 0 Å². The van der Waals surface area contributed by atoms with Crippen LogP contribution in [0.1, 0.15) is 26.2 Å². The molecule has 0 unspecified atom stereocenters. The number of unbranched alkanes of at least 4 members (excludes halogenated alkanes) is 2. The van der Waals surface area contributed by atoms with E-state index in [4.69, 9.17) is 16.3 Å². The van der Waals surface area contributed by atoms with E-state index >= 15 is 0 Å². The van der Waals surface area contributed by atoms with Gasteiger partial charge >= 0.3 is 0 Å². The molecule has 16 heavy (non-hydrogen) atoms. The van der Waals surface area contributed by atoms with Crippen molar-refractivity contribution in [2.75, 3.05) is 19.7 Å². The molecule has 0 fully saturated rings. The van der Waals surface area contributed by atoms with Crippen LogP contribution in [0.5, 0.6) is 5.75 Å². The third-order valence-electron chi connectivity index (χ3n) is 2.31. The van der Waals surface area contributed by atoms with Crippen LogP contribution in [0.3, 0.4) is 0 Å². The van der Waals surface area contributed by atoms with Crippen LogP contribution in [0, 0.1) is 0 Å². The average molecular weight is 242 g/mol. The van der Waals surface area contributed by atoms with Crippen LogP contribution < -0.4 is 10.1 Å². The van der Waals surface area contributed by atoms with Gasteiger partial charge in [0.2, 0.25) is 0 Å². The predicted molar refractivity (Wildman–Crippen MR) is 69.3 cm³/mol. The van der Waals surface area contributed by atoms with Gasteiger partial charge in [0.15, 0.2) is 0 Å². The summed E-state index contributed by atoms with van der Waals surface area (Å²) in [7, 11) is 0. The van der Waals surface area contributed by atoms with Crippen molar-refractivity contribution in [1.82, 2.24) is 5.32 Å². The van der Waals surface area contributed by atoms with Gasteiger partial charge in [0.25, 0.3) is 0 Å². The van der Waals surface area contributed by atoms with E-state index in [1.165, 1.54) is 12.8 Å². The molecule has 1 aromatic carbocycles. The molecule has 0 amide bonds. The predicted octanol–water partition coefficient (Wildman–Crippen LogP) is 3.50. The third kappa shape index (κ3) is 5.99. The smallest absolute Gasteiger partial charge is 0.120 e. The third-order valence-corrected chi connectivity index (χ3v) is 2.55. The number of hydrogen-bond acceptors (Lipinski definition) is 2. The lowest BCUT2D eigenvalue weighted by atomic mass is 10.2. The van der Waals surface area contributed by atoms with Gasteiger partial charge in [-0.25, -0.2) is 0 Å². The highest BCUT2D eigenvalue weighted by Crippen LogP contribution is 2.17. The lowest BCUT2D eigenvalue weighted by molar-refractivity contribution is 0.305. The van der Waals surface area contributed by atoms with Gasteiger partial charge in [-0.1, -0.05) is 24.6 Å². The first-order valence-electron chi connectivity index (χ1n) is 5.92. The van der Waals surface area contributed by atoms with E-state index in [0.717, 1.165) is 36.9 Å². The Morgan fingerprint density at radius 3 is 2.88 bits per heavy atom. The van der Waals surface area contributed by atoms with Crippen LogP contribution >= 0.6 is 11.6 Å². The van der Waals surface area contributed by atoms with Crippen LogP contribution in [-0.4, -0.2) is 19.7 Å². The monoisotopic (exact) mass is 241 g/mol. The standard InChI is InChI=1S/C13H20ClNO/c1-2-15-9-4-3-5-10-16-13-8-6-7-12(14)11-13/h6-8,11,15H,2-5,9-10H2,1H3. The minimum atomic E-state index is 0.727. The van der Waals surface area contributed by atoms with Gasteiger partial charge in [-0.2, -0.15) is 0 Å². The number of nitrogens with one attached hydrogen (secondary N) is 1. The largest absolute Gasteiger partial charge is 0.494 e. The molecule has 0 saturated heterocycles. The van der Waals surface area contributed by atoms with E-state index in [0.29, 0.717) is 0 Å². The summed E-state index contributed by atoms with van der Waals surface area (Å²) in [5.74, 6) is 0.860. The van der Waals surface area contributed by atoms with Crippen molar-refractivity contribution in [2.45, 2.75) is 26.2 Å². The summed E-state index contributed by atoms with van der Waals surface area (Å²) in [5, 5.41) is 4.03. The Morgan fingerprint density at radius 1 is 1.25 bits per heavy atom. The maximum atomic E-state index is 5.85. The van der Waals surface area contributed by atoms with Crippen molar-refractivity contribution in [3.8, 4) is 5.75 Å². The van der Waals surface area contributed by atoms with Gasteiger partial charge in [0.1, 0.15) is 5.75 Å². The lowest BCUT2D eigenvalue weighted by Crippen LogP contribution is -2.14. The second kappa shape index (κ2) is 8.43. The fraction of sp³-hybridized carbons (Fsp3) is 0.538. The van der Waals surface area contributed by atoms with E-state index in [1.807, 2.05) is 24.3 Å². The highest BCUT2D eigenvalue weighted by molar-refractivity contribution is 6.30. The summed E-state index contributed by atoms with van der Waals surface area (Å²) in [6.07, 6.45) is 3.51. The first-order valence-corrected chi connectivity index (χ1v) is 6.30. The van der Waals surface area contributed by atoms with Gasteiger partial charge in [-0.05, 0) is 50.6 Å². The molecule has 0 heterocycles. The number of halogens is 1. The van der Waals surface area contributed by atoms with Crippen molar-refractivity contribution in [3.63, 3.8) is 0 Å². The molecule has 1 aromatic rings. The lowest BCUT2D eigenvalue weighted by Gasteiger charge is -2.06. The van der Waals surface area contributed by atoms with Crippen molar-refractivity contribution in [3.05, 3.63) is 29.3 Å². The molecule has 3 heteroatoms. The normalized spacial score (nSPS) is 10.4. The van der Waals surface area contributed by atoms with Gasteiger partial charge < -0.3 is 10.1 Å². The zero-order chi connectivity index (χ0) is 11.6. The first-order chi connectivity index (χ1) is 7.83. The molecular formula is C13H20ClNO. The summed E-state index contributed by atoms with van der Waals surface area (Å²) in [4.78, 5) is 0. The molecule has 0 spiro atoms. The van der Waals surface area contributed by atoms with Crippen molar-refractivity contribution >= 4 is 11.6 Å². The Hall–Kier alpha value is -0.730. The summed E-state index contributed by atoms with van der Waals surface area (Å²) in [6.45, 7) is 5.06. The second-order valence-electron chi connectivity index (χ2n) is 3.72. The molecule has 0 bridgehead atoms. The number of rotatable bonds is 8. The van der Waals surface area contributed by atoms with Crippen LogP contribution in [0.25, 0.3) is 0 Å². The Morgan fingerprint density at radius 2 is 2.12 bits per heavy atom. The van der Waals surface area contributed by atoms with Crippen LogP contribution in [0.15, 0.2) is 24.3 Å². The quantitative estimate of drug-likeness (QED) is 0.704. The van der Waals surface area contributed by atoms with Crippen LogP contribution in [0.4, 0.5) is 0 Å². The molecule has 90 valence electrons. The minimum Gasteiger partial charge on any atom is -0.494 e. The molecule has 0 aliphatic heterocycles. The zero-order valence-corrected chi connectivity index (χ0v) is 10.6. The first kappa shape index (κ1) is 13.3. The molecule has 0 saturated carbocycles. The second-order valence-corrected chi connectivity index (χ2v) is 4.16. The summed E-state index contributed by atoms with van der Waals surface area (Å²) < 4.78 is 5.59. The summed E-state index contributed by atoms with van der Waals surface area (Å²) in [6, 6.07) is 7.54. The average Bonchev–Trinajstić information content (AvgIpc) is 2.28. The highest BCUT2D eigenvalue weighted by Gasteiger charge is 1.94. The van der Waals surface area contributed by atoms with E-state index in [2.05, 4.69) is 12.2 Å². The van der Waals surface area contributed by atoms with Crippen molar-refractivity contribution in [2.24, 2.45) is 0 Å². The fourth-order valence-electron chi connectivity index (χ4n) is 1.45. The Balaban J connectivity index is 2.03. The van der Waals surface area contributed by atoms with E-state index in [1.54, 1.807) is 0 Å². The fourth-order valence-corrected chi connectivity index (χ4v) is 1.63.